The van der Waals surface area contributed by atoms with Crippen LogP contribution >= 0.6 is 0 Å². The van der Waals surface area contributed by atoms with Crippen LogP contribution in [0.3, 0.4) is 0 Å². The van der Waals surface area contributed by atoms with Crippen molar-refractivity contribution in [1.29, 1.82) is 0 Å². The van der Waals surface area contributed by atoms with E-state index < -0.39 is 0 Å². The molecule has 0 spiro atoms. The van der Waals surface area contributed by atoms with Gasteiger partial charge in [0.1, 0.15) is 5.82 Å². The molecule has 0 radical (unpaired) electrons. The number of carbonyl (C=O) groups excluding carboxylic acids is 1. The van der Waals surface area contributed by atoms with Crippen LogP contribution in [0.5, 0.6) is 0 Å². The van der Waals surface area contributed by atoms with Gasteiger partial charge < -0.3 is 15.0 Å². The number of carbonyl (C=O) groups is 1. The van der Waals surface area contributed by atoms with Gasteiger partial charge in [0, 0.05) is 6.61 Å². The number of amides is 1. The van der Waals surface area contributed by atoms with Crippen molar-refractivity contribution in [2.75, 3.05) is 6.61 Å². The van der Waals surface area contributed by atoms with E-state index in [-0.39, 0.29) is 18.1 Å². The van der Waals surface area contributed by atoms with Crippen molar-refractivity contribution in [3.05, 3.63) is 66.0 Å². The monoisotopic (exact) mass is 349 g/mol. The zero-order valence-corrected chi connectivity index (χ0v) is 14.7. The summed E-state index contributed by atoms with van der Waals surface area (Å²) >= 11 is 0. The van der Waals surface area contributed by atoms with Crippen molar-refractivity contribution in [1.82, 2.24) is 15.3 Å². The Balaban J connectivity index is 1.55. The van der Waals surface area contributed by atoms with Gasteiger partial charge in [-0.3, -0.25) is 4.79 Å². The Bertz CT molecular complexity index is 836. The van der Waals surface area contributed by atoms with Crippen molar-refractivity contribution in [3.63, 3.8) is 0 Å². The number of imidazole rings is 1. The van der Waals surface area contributed by atoms with Gasteiger partial charge in [0.15, 0.2) is 0 Å². The first-order valence-corrected chi connectivity index (χ1v) is 9.17. The molecular formula is C21H23N3O2. The minimum Gasteiger partial charge on any atom is -0.378 e. The van der Waals surface area contributed by atoms with E-state index in [1.807, 2.05) is 42.5 Å². The minimum atomic E-state index is -0.196. The molecule has 2 heterocycles. The Kier molecular flexibility index (Phi) is 4.97. The first kappa shape index (κ1) is 16.8. The molecule has 2 atom stereocenters. The number of H-pyrrole nitrogens is 1. The highest BCUT2D eigenvalue weighted by atomic mass is 16.5. The van der Waals surface area contributed by atoms with E-state index in [0.717, 1.165) is 41.9 Å². The van der Waals surface area contributed by atoms with Crippen LogP contribution in [0.1, 0.15) is 36.7 Å². The summed E-state index contributed by atoms with van der Waals surface area (Å²) in [5.74, 6) is 0.800. The Morgan fingerprint density at radius 1 is 1.19 bits per heavy atom. The highest BCUT2D eigenvalue weighted by molar-refractivity contribution is 5.78. The zero-order chi connectivity index (χ0) is 17.8. The SMILES string of the molecule is O=C(C[C@H]1CCCO1)N[C@H](Cc1ccccc1)c1nc2ccccc2[nH]1. The van der Waals surface area contributed by atoms with Crippen LogP contribution in [0.4, 0.5) is 0 Å². The molecule has 0 aliphatic carbocycles. The molecule has 134 valence electrons. The molecule has 1 saturated heterocycles. The van der Waals surface area contributed by atoms with E-state index >= 15 is 0 Å². The van der Waals surface area contributed by atoms with Crippen molar-refractivity contribution in [2.45, 2.75) is 37.8 Å². The number of hydrogen-bond acceptors (Lipinski definition) is 3. The van der Waals surface area contributed by atoms with Crippen LogP contribution in [0.2, 0.25) is 0 Å². The normalized spacial score (nSPS) is 18.1. The largest absolute Gasteiger partial charge is 0.378 e. The van der Waals surface area contributed by atoms with Crippen LogP contribution in [-0.2, 0) is 16.0 Å². The molecule has 26 heavy (non-hydrogen) atoms. The standard InChI is InChI=1S/C21H23N3O2/c25-20(14-16-9-6-12-26-16)22-19(13-15-7-2-1-3-8-15)21-23-17-10-4-5-11-18(17)24-21/h1-5,7-8,10-11,16,19H,6,9,12-14H2,(H,22,25)(H,23,24)/t16-,19-/m1/s1. The molecule has 3 aromatic rings. The van der Waals surface area contributed by atoms with Crippen molar-refractivity contribution in [2.24, 2.45) is 0 Å². The summed E-state index contributed by atoms with van der Waals surface area (Å²) in [6.45, 7) is 0.759. The predicted molar refractivity (Wildman–Crippen MR) is 101 cm³/mol. The minimum absolute atomic E-state index is 0.0123. The van der Waals surface area contributed by atoms with Crippen LogP contribution in [-0.4, -0.2) is 28.6 Å². The van der Waals surface area contributed by atoms with Crippen LogP contribution in [0.15, 0.2) is 54.6 Å². The summed E-state index contributed by atoms with van der Waals surface area (Å²) in [7, 11) is 0. The molecule has 2 aromatic carbocycles. The Labute approximate surface area is 152 Å². The summed E-state index contributed by atoms with van der Waals surface area (Å²) in [4.78, 5) is 20.6. The number of nitrogens with zero attached hydrogens (tertiary/aromatic N) is 1. The lowest BCUT2D eigenvalue weighted by Gasteiger charge is -2.18. The van der Waals surface area contributed by atoms with E-state index in [1.165, 1.54) is 0 Å². The number of nitrogens with one attached hydrogen (secondary N) is 2. The van der Waals surface area contributed by atoms with Gasteiger partial charge in [-0.2, -0.15) is 0 Å². The maximum Gasteiger partial charge on any atom is 0.223 e. The Morgan fingerprint density at radius 3 is 2.77 bits per heavy atom. The molecule has 1 aromatic heterocycles. The molecule has 4 rings (SSSR count). The molecule has 5 heteroatoms. The fourth-order valence-corrected chi connectivity index (χ4v) is 3.47. The van der Waals surface area contributed by atoms with E-state index in [4.69, 9.17) is 9.72 Å². The smallest absolute Gasteiger partial charge is 0.223 e. The summed E-state index contributed by atoms with van der Waals surface area (Å²) in [6.07, 6.45) is 3.14. The lowest BCUT2D eigenvalue weighted by atomic mass is 10.0. The van der Waals surface area contributed by atoms with Gasteiger partial charge in [-0.05, 0) is 37.0 Å². The Morgan fingerprint density at radius 2 is 2.00 bits per heavy atom. The first-order chi connectivity index (χ1) is 12.8. The Hall–Kier alpha value is -2.66. The number of fused-ring (bicyclic) bond motifs is 1. The topological polar surface area (TPSA) is 67.0 Å². The molecule has 0 saturated carbocycles. The summed E-state index contributed by atoms with van der Waals surface area (Å²) in [5, 5.41) is 3.16. The fourth-order valence-electron chi connectivity index (χ4n) is 3.47. The van der Waals surface area contributed by atoms with Crippen LogP contribution in [0, 0.1) is 0 Å². The van der Waals surface area contributed by atoms with Gasteiger partial charge in [-0.25, -0.2) is 4.98 Å². The molecule has 5 nitrogen and oxygen atoms in total. The van der Waals surface area contributed by atoms with Gasteiger partial charge in [0.25, 0.3) is 0 Å². The van der Waals surface area contributed by atoms with Gasteiger partial charge in [-0.15, -0.1) is 0 Å². The molecule has 1 fully saturated rings. The second-order valence-corrected chi connectivity index (χ2v) is 6.79. The van der Waals surface area contributed by atoms with Gasteiger partial charge in [-0.1, -0.05) is 42.5 Å². The van der Waals surface area contributed by atoms with Crippen molar-refractivity contribution < 1.29 is 9.53 Å². The number of benzene rings is 2. The van der Waals surface area contributed by atoms with Gasteiger partial charge >= 0.3 is 0 Å². The number of rotatable bonds is 6. The number of aromatic amines is 1. The lowest BCUT2D eigenvalue weighted by Crippen LogP contribution is -2.33. The maximum atomic E-state index is 12.6. The third-order valence-corrected chi connectivity index (χ3v) is 4.79. The van der Waals surface area contributed by atoms with Crippen molar-refractivity contribution in [3.8, 4) is 0 Å². The average molecular weight is 349 g/mol. The molecule has 0 unspecified atom stereocenters. The first-order valence-electron chi connectivity index (χ1n) is 9.17. The fraction of sp³-hybridized carbons (Fsp3) is 0.333. The number of ether oxygens (including phenoxy) is 1. The van der Waals surface area contributed by atoms with E-state index in [1.54, 1.807) is 0 Å². The van der Waals surface area contributed by atoms with Gasteiger partial charge in [0.2, 0.25) is 5.91 Å². The molecular weight excluding hydrogens is 326 g/mol. The highest BCUT2D eigenvalue weighted by Crippen LogP contribution is 2.21. The quantitative estimate of drug-likeness (QED) is 0.715. The van der Waals surface area contributed by atoms with E-state index in [9.17, 15) is 4.79 Å². The summed E-state index contributed by atoms with van der Waals surface area (Å²) in [6, 6.07) is 17.9. The van der Waals surface area contributed by atoms with Crippen LogP contribution < -0.4 is 5.32 Å². The number of para-hydroxylation sites is 2. The second-order valence-electron chi connectivity index (χ2n) is 6.79. The maximum absolute atomic E-state index is 12.6. The number of hydrogen-bond donors (Lipinski definition) is 2. The molecule has 1 aliphatic rings. The molecule has 1 aliphatic heterocycles. The third kappa shape index (κ3) is 3.94. The van der Waals surface area contributed by atoms with Crippen LogP contribution in [0.25, 0.3) is 11.0 Å². The highest BCUT2D eigenvalue weighted by Gasteiger charge is 2.23. The predicted octanol–water partition coefficient (Wildman–Crippen LogP) is 3.53. The zero-order valence-electron chi connectivity index (χ0n) is 14.7. The second kappa shape index (κ2) is 7.70. The lowest BCUT2D eigenvalue weighted by molar-refractivity contribution is -0.124. The summed E-state index contributed by atoms with van der Waals surface area (Å²) in [5.41, 5.74) is 3.05. The van der Waals surface area contributed by atoms with Gasteiger partial charge in [0.05, 0.1) is 29.6 Å². The summed E-state index contributed by atoms with van der Waals surface area (Å²) < 4.78 is 5.59. The third-order valence-electron chi connectivity index (χ3n) is 4.79. The molecule has 0 bridgehead atoms. The average Bonchev–Trinajstić information content (AvgIpc) is 3.31. The van der Waals surface area contributed by atoms with Crippen molar-refractivity contribution >= 4 is 16.9 Å². The number of aromatic nitrogens is 2. The molecule has 2 N–H and O–H groups in total. The van der Waals surface area contributed by atoms with E-state index in [2.05, 4.69) is 22.4 Å². The molecule has 1 amide bonds. The van der Waals surface area contributed by atoms with E-state index in [0.29, 0.717) is 12.8 Å².